The summed E-state index contributed by atoms with van der Waals surface area (Å²) in [7, 11) is -1.95. The van der Waals surface area contributed by atoms with Gasteiger partial charge in [0.2, 0.25) is 0 Å². The van der Waals surface area contributed by atoms with Crippen molar-refractivity contribution in [3.63, 3.8) is 0 Å². The molecule has 0 saturated carbocycles. The maximum atomic E-state index is 12.5. The fourth-order valence-electron chi connectivity index (χ4n) is 3.18. The fraction of sp³-hybridized carbons (Fsp3) is 0.824. The van der Waals surface area contributed by atoms with Gasteiger partial charge in [-0.1, -0.05) is 20.8 Å². The number of amides is 1. The van der Waals surface area contributed by atoms with Crippen LogP contribution in [0.5, 0.6) is 0 Å². The maximum absolute atomic E-state index is 12.5. The van der Waals surface area contributed by atoms with Gasteiger partial charge in [0.05, 0.1) is 12.1 Å². The van der Waals surface area contributed by atoms with Crippen molar-refractivity contribution in [2.75, 3.05) is 0 Å². The summed E-state index contributed by atoms with van der Waals surface area (Å²) in [6, 6.07) is 1.38. The van der Waals surface area contributed by atoms with E-state index < -0.39 is 38.2 Å². The number of hydrogen-bond acceptors (Lipinski definition) is 5. The largest absolute Gasteiger partial charge is 0.444 e. The average molecular weight is 358 g/mol. The van der Waals surface area contributed by atoms with E-state index in [1.54, 1.807) is 20.8 Å². The van der Waals surface area contributed by atoms with E-state index in [4.69, 9.17) is 9.16 Å². The Labute approximate surface area is 146 Å². The lowest BCUT2D eigenvalue weighted by atomic mass is 10.1. The maximum Gasteiger partial charge on any atom is 0.411 e. The Kier molecular flexibility index (Phi) is 7.16. The Balaban J connectivity index is 3.04. The quantitative estimate of drug-likeness (QED) is 0.517. The zero-order chi connectivity index (χ0) is 18.5. The summed E-state index contributed by atoms with van der Waals surface area (Å²) >= 11 is 0. The highest BCUT2D eigenvalue weighted by Crippen LogP contribution is 2.32. The molecule has 1 rings (SSSR count). The third-order valence-electron chi connectivity index (χ3n) is 4.77. The van der Waals surface area contributed by atoms with Gasteiger partial charge in [-0.05, 0) is 38.9 Å². The Morgan fingerprint density at radius 3 is 2.04 bits per heavy atom. The SMILES string of the molecule is CC[Si](CC)(CC)O[C@H]1CC(C=O)N(C(=O)OC(C)(C)C)C1C=O. The lowest BCUT2D eigenvalue weighted by molar-refractivity contribution is -0.116. The van der Waals surface area contributed by atoms with Gasteiger partial charge in [-0.15, -0.1) is 0 Å². The number of hydrogen-bond donors (Lipinski definition) is 0. The van der Waals surface area contributed by atoms with E-state index in [0.29, 0.717) is 19.0 Å². The van der Waals surface area contributed by atoms with Crippen LogP contribution in [0.4, 0.5) is 4.79 Å². The highest BCUT2D eigenvalue weighted by Gasteiger charge is 2.48. The molecule has 1 aliphatic rings. The van der Waals surface area contributed by atoms with Gasteiger partial charge in [0.1, 0.15) is 24.2 Å². The molecular weight excluding hydrogens is 326 g/mol. The molecule has 0 spiro atoms. The second-order valence-corrected chi connectivity index (χ2v) is 12.1. The molecule has 7 heteroatoms. The van der Waals surface area contributed by atoms with Crippen LogP contribution < -0.4 is 0 Å². The Morgan fingerprint density at radius 2 is 1.67 bits per heavy atom. The minimum Gasteiger partial charge on any atom is -0.444 e. The summed E-state index contributed by atoms with van der Waals surface area (Å²) in [6.45, 7) is 11.6. The van der Waals surface area contributed by atoms with Crippen LogP contribution in [-0.2, 0) is 18.8 Å². The number of ether oxygens (including phenoxy) is 1. The minimum atomic E-state index is -1.95. The van der Waals surface area contributed by atoms with Crippen molar-refractivity contribution in [3.05, 3.63) is 0 Å². The summed E-state index contributed by atoms with van der Waals surface area (Å²) in [5.74, 6) is 0. The van der Waals surface area contributed by atoms with E-state index in [0.717, 1.165) is 18.1 Å². The molecule has 1 fully saturated rings. The van der Waals surface area contributed by atoms with E-state index in [1.165, 1.54) is 4.90 Å². The van der Waals surface area contributed by atoms with Crippen molar-refractivity contribution in [1.82, 2.24) is 4.90 Å². The van der Waals surface area contributed by atoms with Crippen LogP contribution in [0, 0.1) is 0 Å². The van der Waals surface area contributed by atoms with Crippen LogP contribution in [0.2, 0.25) is 18.1 Å². The van der Waals surface area contributed by atoms with Gasteiger partial charge in [-0.25, -0.2) is 4.79 Å². The molecule has 0 aromatic heterocycles. The highest BCUT2D eigenvalue weighted by atomic mass is 28.4. The van der Waals surface area contributed by atoms with Crippen LogP contribution in [0.1, 0.15) is 48.0 Å². The molecule has 138 valence electrons. The van der Waals surface area contributed by atoms with Crippen molar-refractivity contribution in [2.24, 2.45) is 0 Å². The Hall–Kier alpha value is -1.21. The topological polar surface area (TPSA) is 72.9 Å². The Morgan fingerprint density at radius 1 is 1.12 bits per heavy atom. The number of rotatable bonds is 7. The van der Waals surface area contributed by atoms with Gasteiger partial charge in [0.15, 0.2) is 8.32 Å². The van der Waals surface area contributed by atoms with Crippen LogP contribution in [0.25, 0.3) is 0 Å². The summed E-state index contributed by atoms with van der Waals surface area (Å²) < 4.78 is 11.8. The van der Waals surface area contributed by atoms with E-state index in [1.807, 2.05) is 0 Å². The zero-order valence-corrected chi connectivity index (χ0v) is 16.7. The molecule has 1 amide bonds. The van der Waals surface area contributed by atoms with Crippen LogP contribution in [0.15, 0.2) is 0 Å². The summed E-state index contributed by atoms with van der Waals surface area (Å²) in [5, 5.41) is 0. The normalized spacial score (nSPS) is 24.8. The second-order valence-electron chi connectivity index (χ2n) is 7.35. The van der Waals surface area contributed by atoms with E-state index in [9.17, 15) is 14.4 Å². The van der Waals surface area contributed by atoms with E-state index in [-0.39, 0.29) is 0 Å². The van der Waals surface area contributed by atoms with Gasteiger partial charge >= 0.3 is 6.09 Å². The monoisotopic (exact) mass is 357 g/mol. The number of nitrogens with zero attached hydrogens (tertiary/aromatic N) is 1. The molecule has 0 bridgehead atoms. The smallest absolute Gasteiger partial charge is 0.411 e. The molecule has 6 nitrogen and oxygen atoms in total. The summed E-state index contributed by atoms with van der Waals surface area (Å²) in [4.78, 5) is 36.8. The summed E-state index contributed by atoms with van der Waals surface area (Å²) in [5.41, 5.74) is -0.689. The molecule has 0 N–H and O–H groups in total. The Bertz CT molecular complexity index is 450. The molecule has 3 atom stereocenters. The van der Waals surface area contributed by atoms with Crippen LogP contribution >= 0.6 is 0 Å². The molecule has 1 aliphatic heterocycles. The van der Waals surface area contributed by atoms with Gasteiger partial charge in [-0.3, -0.25) is 4.90 Å². The molecule has 0 radical (unpaired) electrons. The van der Waals surface area contributed by atoms with E-state index in [2.05, 4.69) is 20.8 Å². The molecule has 0 aliphatic carbocycles. The van der Waals surface area contributed by atoms with Gasteiger partial charge in [0, 0.05) is 6.42 Å². The molecule has 0 aromatic rings. The summed E-state index contributed by atoms with van der Waals surface area (Å²) in [6.07, 6.45) is 0.687. The minimum absolute atomic E-state index is 0.348. The lowest BCUT2D eigenvalue weighted by Gasteiger charge is -2.34. The van der Waals surface area contributed by atoms with Crippen molar-refractivity contribution in [3.8, 4) is 0 Å². The number of aldehydes is 2. The van der Waals surface area contributed by atoms with Crippen molar-refractivity contribution in [1.29, 1.82) is 0 Å². The molecule has 1 saturated heterocycles. The predicted octanol–water partition coefficient (Wildman–Crippen LogP) is 3.15. The first-order valence-electron chi connectivity index (χ1n) is 8.76. The van der Waals surface area contributed by atoms with Gasteiger partial charge < -0.3 is 18.8 Å². The van der Waals surface area contributed by atoms with Crippen LogP contribution in [0.3, 0.4) is 0 Å². The molecule has 1 heterocycles. The first-order chi connectivity index (χ1) is 11.2. The first kappa shape index (κ1) is 20.8. The lowest BCUT2D eigenvalue weighted by Crippen LogP contribution is -2.49. The third kappa shape index (κ3) is 4.66. The highest BCUT2D eigenvalue weighted by molar-refractivity contribution is 6.73. The predicted molar refractivity (Wildman–Crippen MR) is 94.5 cm³/mol. The van der Waals surface area contributed by atoms with Crippen LogP contribution in [-0.4, -0.2) is 55.7 Å². The van der Waals surface area contributed by atoms with Crippen molar-refractivity contribution < 1.29 is 23.5 Å². The molecule has 24 heavy (non-hydrogen) atoms. The second kappa shape index (κ2) is 8.25. The molecular formula is C17H31NO5Si. The number of carbonyl (C=O) groups is 3. The molecule has 0 aromatic carbocycles. The molecule has 2 unspecified atom stereocenters. The van der Waals surface area contributed by atoms with Gasteiger partial charge in [-0.2, -0.15) is 0 Å². The van der Waals surface area contributed by atoms with E-state index >= 15 is 0 Å². The van der Waals surface area contributed by atoms with Crippen molar-refractivity contribution in [2.45, 2.75) is 89.9 Å². The zero-order valence-electron chi connectivity index (χ0n) is 15.7. The van der Waals surface area contributed by atoms with Crippen molar-refractivity contribution >= 4 is 27.0 Å². The third-order valence-corrected chi connectivity index (χ3v) is 9.44. The van der Waals surface area contributed by atoms with Gasteiger partial charge in [0.25, 0.3) is 0 Å². The first-order valence-corrected chi connectivity index (χ1v) is 11.3. The number of likely N-dealkylation sites (tertiary alicyclic amines) is 1. The fourth-order valence-corrected chi connectivity index (χ4v) is 6.05. The number of carbonyl (C=O) groups excluding carboxylic acids is 3. The average Bonchev–Trinajstić information content (AvgIpc) is 2.88. The standard InChI is InChI=1S/C17H31NO5Si/c1-7-24(8-2,9-3)23-15-10-13(11-19)18(14(15)12-20)16(21)22-17(4,5)6/h11-15H,7-10H2,1-6H3/t13?,14?,15-/m0/s1.